The molecule has 108 valence electrons. The zero-order valence-corrected chi connectivity index (χ0v) is 11.7. The molecule has 0 bridgehead atoms. The van der Waals surface area contributed by atoms with Crippen LogP contribution in [-0.4, -0.2) is 54.3 Å². The summed E-state index contributed by atoms with van der Waals surface area (Å²) in [7, 11) is 1.43. The van der Waals surface area contributed by atoms with Gasteiger partial charge in [-0.15, -0.1) is 0 Å². The Morgan fingerprint density at radius 1 is 1.33 bits per heavy atom. The number of carbonyl (C=O) groups excluding carboxylic acids is 2. The van der Waals surface area contributed by atoms with Gasteiger partial charge < -0.3 is 5.32 Å². The molecule has 1 aliphatic rings. The van der Waals surface area contributed by atoms with E-state index in [-0.39, 0.29) is 35.4 Å². The number of amides is 2. The van der Waals surface area contributed by atoms with Gasteiger partial charge in [0.15, 0.2) is 0 Å². The Balaban J connectivity index is 1.86. The number of aromatic nitrogens is 5. The second kappa shape index (κ2) is 5.09. The molecule has 3 rings (SSSR count). The molecule has 0 saturated carbocycles. The first-order chi connectivity index (χ1) is 10.0. The summed E-state index contributed by atoms with van der Waals surface area (Å²) in [4.78, 5) is 40.3. The average molecular weight is 308 g/mol. The highest BCUT2D eigenvalue weighted by molar-refractivity contribution is 6.28. The second-order valence-electron chi connectivity index (χ2n) is 4.39. The van der Waals surface area contributed by atoms with E-state index < -0.39 is 6.04 Å². The Morgan fingerprint density at radius 2 is 2.14 bits per heavy atom. The number of carbonyl (C=O) groups is 2. The summed E-state index contributed by atoms with van der Waals surface area (Å²) >= 11 is 5.85. The zero-order valence-electron chi connectivity index (χ0n) is 10.9. The number of imidazole rings is 1. The van der Waals surface area contributed by atoms with Crippen LogP contribution in [0, 0.1) is 0 Å². The van der Waals surface area contributed by atoms with E-state index in [0.717, 1.165) is 4.90 Å². The van der Waals surface area contributed by atoms with Gasteiger partial charge in [0.05, 0.1) is 6.42 Å². The van der Waals surface area contributed by atoms with Crippen molar-refractivity contribution in [1.82, 2.24) is 29.4 Å². The third-order valence-electron chi connectivity index (χ3n) is 3.02. The number of halogens is 1. The molecule has 0 aliphatic carbocycles. The van der Waals surface area contributed by atoms with Crippen molar-refractivity contribution in [3.05, 3.63) is 24.0 Å². The van der Waals surface area contributed by atoms with Crippen LogP contribution in [0.5, 0.6) is 0 Å². The van der Waals surface area contributed by atoms with E-state index in [2.05, 4.69) is 25.3 Å². The molecule has 10 heteroatoms. The van der Waals surface area contributed by atoms with Crippen molar-refractivity contribution in [2.75, 3.05) is 12.4 Å². The Hall–Kier alpha value is -2.55. The lowest BCUT2D eigenvalue weighted by Gasteiger charge is -2.11. The highest BCUT2D eigenvalue weighted by Gasteiger charge is 2.36. The van der Waals surface area contributed by atoms with Crippen LogP contribution in [0.15, 0.2) is 18.7 Å². The first-order valence-corrected chi connectivity index (χ1v) is 6.39. The minimum atomic E-state index is -0.698. The Morgan fingerprint density at radius 3 is 2.76 bits per heavy atom. The quantitative estimate of drug-likeness (QED) is 0.788. The topological polar surface area (TPSA) is 106 Å². The summed E-state index contributed by atoms with van der Waals surface area (Å²) in [5, 5.41) is 2.78. The first-order valence-electron chi connectivity index (χ1n) is 6.01. The number of nitrogens with zero attached hydrogens (tertiary/aromatic N) is 6. The maximum absolute atomic E-state index is 11.8. The number of imide groups is 1. The van der Waals surface area contributed by atoms with Gasteiger partial charge in [0.2, 0.25) is 23.1 Å². The molecule has 1 unspecified atom stereocenters. The maximum Gasteiger partial charge on any atom is 0.252 e. The molecule has 1 aliphatic heterocycles. The SMILES string of the molecule is CN1C(=O)CC(Nc2nc(Cl)nc(-n3ccnc3)n2)C1=O. The van der Waals surface area contributed by atoms with E-state index in [0.29, 0.717) is 0 Å². The highest BCUT2D eigenvalue weighted by atomic mass is 35.5. The van der Waals surface area contributed by atoms with Gasteiger partial charge in [-0.3, -0.25) is 19.1 Å². The van der Waals surface area contributed by atoms with Crippen molar-refractivity contribution >= 4 is 29.4 Å². The van der Waals surface area contributed by atoms with E-state index in [1.807, 2.05) is 0 Å². The predicted octanol–water partition coefficient (Wildman–Crippen LogP) is -0.120. The molecular weight excluding hydrogens is 298 g/mol. The number of hydrogen-bond donors (Lipinski definition) is 1. The smallest absolute Gasteiger partial charge is 0.252 e. The van der Waals surface area contributed by atoms with Crippen LogP contribution < -0.4 is 5.32 Å². The molecule has 1 atom stereocenters. The molecule has 1 N–H and O–H groups in total. The van der Waals surface area contributed by atoms with Crippen LogP contribution in [-0.2, 0) is 9.59 Å². The Kier molecular flexibility index (Phi) is 3.26. The van der Waals surface area contributed by atoms with Gasteiger partial charge in [0.25, 0.3) is 5.91 Å². The van der Waals surface area contributed by atoms with Crippen molar-refractivity contribution in [3.63, 3.8) is 0 Å². The van der Waals surface area contributed by atoms with Gasteiger partial charge in [0.1, 0.15) is 12.4 Å². The summed E-state index contributed by atoms with van der Waals surface area (Å²) in [5.41, 5.74) is 0. The van der Waals surface area contributed by atoms with Gasteiger partial charge >= 0.3 is 0 Å². The van der Waals surface area contributed by atoms with Gasteiger partial charge in [-0.1, -0.05) is 0 Å². The van der Waals surface area contributed by atoms with Crippen molar-refractivity contribution in [3.8, 4) is 5.95 Å². The van der Waals surface area contributed by atoms with Crippen LogP contribution in [0.4, 0.5) is 5.95 Å². The van der Waals surface area contributed by atoms with E-state index >= 15 is 0 Å². The molecule has 2 aromatic heterocycles. The van der Waals surface area contributed by atoms with Crippen LogP contribution in [0.25, 0.3) is 5.95 Å². The Bertz CT molecular complexity index is 703. The van der Waals surface area contributed by atoms with Gasteiger partial charge in [0, 0.05) is 19.4 Å². The van der Waals surface area contributed by atoms with Crippen LogP contribution >= 0.6 is 11.6 Å². The van der Waals surface area contributed by atoms with E-state index in [1.165, 1.54) is 13.4 Å². The Labute approximate surface area is 124 Å². The normalized spacial score (nSPS) is 18.4. The minimum absolute atomic E-state index is 0.0265. The van der Waals surface area contributed by atoms with E-state index in [1.54, 1.807) is 17.0 Å². The third kappa shape index (κ3) is 2.55. The molecule has 1 fully saturated rings. The molecule has 21 heavy (non-hydrogen) atoms. The fourth-order valence-electron chi connectivity index (χ4n) is 1.92. The highest BCUT2D eigenvalue weighted by Crippen LogP contribution is 2.16. The third-order valence-corrected chi connectivity index (χ3v) is 3.19. The lowest BCUT2D eigenvalue weighted by Crippen LogP contribution is -2.32. The van der Waals surface area contributed by atoms with Crippen LogP contribution in [0.2, 0.25) is 5.28 Å². The number of likely N-dealkylation sites (tertiary alicyclic amines) is 1. The van der Waals surface area contributed by atoms with Crippen molar-refractivity contribution in [2.24, 2.45) is 0 Å². The summed E-state index contributed by atoms with van der Waals surface area (Å²) in [6.45, 7) is 0. The van der Waals surface area contributed by atoms with E-state index in [4.69, 9.17) is 11.6 Å². The molecular formula is C11H10ClN7O2. The lowest BCUT2D eigenvalue weighted by atomic mass is 10.2. The predicted molar refractivity (Wildman–Crippen MR) is 71.8 cm³/mol. The summed E-state index contributed by atoms with van der Waals surface area (Å²) < 4.78 is 1.55. The first kappa shape index (κ1) is 13.4. The lowest BCUT2D eigenvalue weighted by molar-refractivity contribution is -0.136. The van der Waals surface area contributed by atoms with Crippen molar-refractivity contribution in [2.45, 2.75) is 12.5 Å². The minimum Gasteiger partial charge on any atom is -0.342 e. The number of anilines is 1. The molecule has 2 aromatic rings. The van der Waals surface area contributed by atoms with E-state index in [9.17, 15) is 9.59 Å². The number of likely N-dealkylation sites (N-methyl/N-ethyl adjacent to an activating group) is 1. The number of nitrogens with one attached hydrogen (secondary N) is 1. The molecule has 2 amide bonds. The number of hydrogen-bond acceptors (Lipinski definition) is 7. The fraction of sp³-hybridized carbons (Fsp3) is 0.273. The van der Waals surface area contributed by atoms with Crippen molar-refractivity contribution < 1.29 is 9.59 Å². The average Bonchev–Trinajstić information content (AvgIpc) is 3.05. The molecule has 0 spiro atoms. The second-order valence-corrected chi connectivity index (χ2v) is 4.73. The maximum atomic E-state index is 11.8. The molecule has 0 radical (unpaired) electrons. The largest absolute Gasteiger partial charge is 0.342 e. The van der Waals surface area contributed by atoms with Gasteiger partial charge in [-0.2, -0.15) is 15.0 Å². The standard InChI is InChI=1S/C11H10ClN7O2/c1-18-7(20)4-6(8(18)21)14-10-15-9(12)16-11(17-10)19-3-2-13-5-19/h2-3,5-6H,4H2,1H3,(H,14,15,16,17). The molecule has 0 aromatic carbocycles. The van der Waals surface area contributed by atoms with Crippen LogP contribution in [0.3, 0.4) is 0 Å². The van der Waals surface area contributed by atoms with Crippen LogP contribution in [0.1, 0.15) is 6.42 Å². The molecule has 3 heterocycles. The van der Waals surface area contributed by atoms with Gasteiger partial charge in [-0.25, -0.2) is 4.98 Å². The molecule has 9 nitrogen and oxygen atoms in total. The molecule has 1 saturated heterocycles. The number of rotatable bonds is 3. The summed E-state index contributed by atoms with van der Waals surface area (Å²) in [6, 6.07) is -0.698. The van der Waals surface area contributed by atoms with Gasteiger partial charge in [-0.05, 0) is 11.6 Å². The fourth-order valence-corrected chi connectivity index (χ4v) is 2.08. The zero-order chi connectivity index (χ0) is 15.0. The van der Waals surface area contributed by atoms with Crippen molar-refractivity contribution in [1.29, 1.82) is 0 Å². The summed E-state index contributed by atoms with van der Waals surface area (Å²) in [6.07, 6.45) is 4.78. The summed E-state index contributed by atoms with van der Waals surface area (Å²) in [5.74, 6) is -0.200. The monoisotopic (exact) mass is 307 g/mol.